The van der Waals surface area contributed by atoms with Crippen molar-refractivity contribution in [3.8, 4) is 12.3 Å². The van der Waals surface area contributed by atoms with Crippen LogP contribution in [0.4, 0.5) is 4.39 Å². The summed E-state index contributed by atoms with van der Waals surface area (Å²) in [4.78, 5) is 0. The van der Waals surface area contributed by atoms with Crippen LogP contribution in [0.3, 0.4) is 0 Å². The molecule has 3 heteroatoms. The molecular formula is C13H15ClFN. The SMILES string of the molecule is C#CCCC(NCC)c1ccc(F)c(Cl)c1. The molecule has 86 valence electrons. The first-order valence-corrected chi connectivity index (χ1v) is 5.68. The van der Waals surface area contributed by atoms with E-state index in [0.717, 1.165) is 18.5 Å². The monoisotopic (exact) mass is 239 g/mol. The lowest BCUT2D eigenvalue weighted by atomic mass is 10.0. The molecule has 1 aromatic rings. The van der Waals surface area contributed by atoms with Crippen molar-refractivity contribution < 1.29 is 4.39 Å². The molecule has 0 saturated carbocycles. The molecule has 1 N–H and O–H groups in total. The van der Waals surface area contributed by atoms with Gasteiger partial charge in [0.1, 0.15) is 5.82 Å². The number of rotatable bonds is 5. The molecule has 16 heavy (non-hydrogen) atoms. The second-order valence-corrected chi connectivity index (χ2v) is 3.93. The average Bonchev–Trinajstić information content (AvgIpc) is 2.28. The molecule has 1 nitrogen and oxygen atoms in total. The van der Waals surface area contributed by atoms with E-state index >= 15 is 0 Å². The Morgan fingerprint density at radius 2 is 2.31 bits per heavy atom. The molecule has 1 unspecified atom stereocenters. The van der Waals surface area contributed by atoms with Gasteiger partial charge in [-0.3, -0.25) is 0 Å². The van der Waals surface area contributed by atoms with Gasteiger partial charge in [0.25, 0.3) is 0 Å². The van der Waals surface area contributed by atoms with Crippen molar-refractivity contribution in [1.82, 2.24) is 5.32 Å². The molecule has 0 radical (unpaired) electrons. The van der Waals surface area contributed by atoms with E-state index in [1.165, 1.54) is 6.07 Å². The van der Waals surface area contributed by atoms with Gasteiger partial charge in [-0.2, -0.15) is 0 Å². The van der Waals surface area contributed by atoms with E-state index in [4.69, 9.17) is 18.0 Å². The summed E-state index contributed by atoms with van der Waals surface area (Å²) >= 11 is 5.75. The standard InChI is InChI=1S/C13H15ClFN/c1-3-5-6-13(16-4-2)10-7-8-12(15)11(14)9-10/h1,7-9,13,16H,4-6H2,2H3. The molecule has 0 aliphatic rings. The largest absolute Gasteiger partial charge is 0.310 e. The number of benzene rings is 1. The molecule has 0 fully saturated rings. The second-order valence-electron chi connectivity index (χ2n) is 3.53. The van der Waals surface area contributed by atoms with Crippen LogP contribution in [0.2, 0.25) is 5.02 Å². The van der Waals surface area contributed by atoms with E-state index in [1.807, 2.05) is 6.92 Å². The minimum atomic E-state index is -0.391. The van der Waals surface area contributed by atoms with E-state index in [2.05, 4.69) is 11.2 Å². The molecule has 1 atom stereocenters. The third-order valence-corrected chi connectivity index (χ3v) is 2.66. The smallest absolute Gasteiger partial charge is 0.141 e. The van der Waals surface area contributed by atoms with E-state index in [1.54, 1.807) is 12.1 Å². The summed E-state index contributed by atoms with van der Waals surface area (Å²) in [6.45, 7) is 2.86. The third-order valence-electron chi connectivity index (χ3n) is 2.37. The van der Waals surface area contributed by atoms with E-state index in [9.17, 15) is 4.39 Å². The topological polar surface area (TPSA) is 12.0 Å². The van der Waals surface area contributed by atoms with Crippen LogP contribution in [0.25, 0.3) is 0 Å². The zero-order valence-electron chi connectivity index (χ0n) is 9.26. The highest BCUT2D eigenvalue weighted by atomic mass is 35.5. The number of nitrogens with one attached hydrogen (secondary N) is 1. The van der Waals surface area contributed by atoms with Crippen molar-refractivity contribution in [2.45, 2.75) is 25.8 Å². The van der Waals surface area contributed by atoms with Crippen LogP contribution < -0.4 is 5.32 Å². The molecule has 0 heterocycles. The Balaban J connectivity index is 2.83. The van der Waals surface area contributed by atoms with Gasteiger partial charge in [0.15, 0.2) is 0 Å². The third kappa shape index (κ3) is 3.52. The Hall–Kier alpha value is -1.04. The Labute approximate surface area is 101 Å². The van der Waals surface area contributed by atoms with Crippen LogP contribution >= 0.6 is 11.6 Å². The highest BCUT2D eigenvalue weighted by Gasteiger charge is 2.11. The lowest BCUT2D eigenvalue weighted by Crippen LogP contribution is -2.20. The van der Waals surface area contributed by atoms with Gasteiger partial charge in [0.05, 0.1) is 5.02 Å². The zero-order chi connectivity index (χ0) is 12.0. The summed E-state index contributed by atoms with van der Waals surface area (Å²) in [6.07, 6.45) is 6.75. The quantitative estimate of drug-likeness (QED) is 0.775. The van der Waals surface area contributed by atoms with Crippen LogP contribution in [0.15, 0.2) is 18.2 Å². The number of hydrogen-bond donors (Lipinski definition) is 1. The number of terminal acetylenes is 1. The van der Waals surface area contributed by atoms with Crippen molar-refractivity contribution in [1.29, 1.82) is 0 Å². The number of hydrogen-bond acceptors (Lipinski definition) is 1. The Morgan fingerprint density at radius 3 is 2.88 bits per heavy atom. The summed E-state index contributed by atoms with van der Waals surface area (Å²) in [7, 11) is 0. The predicted octanol–water partition coefficient (Wildman–Crippen LogP) is 3.54. The van der Waals surface area contributed by atoms with Crippen molar-refractivity contribution in [2.24, 2.45) is 0 Å². The molecule has 0 spiro atoms. The Kier molecular flexibility index (Phi) is 5.31. The van der Waals surface area contributed by atoms with E-state index in [0.29, 0.717) is 6.42 Å². The molecule has 1 rings (SSSR count). The van der Waals surface area contributed by atoms with Crippen molar-refractivity contribution in [3.05, 3.63) is 34.6 Å². The molecule has 0 saturated heterocycles. The van der Waals surface area contributed by atoms with Crippen molar-refractivity contribution >= 4 is 11.6 Å². The maximum atomic E-state index is 13.0. The van der Waals surface area contributed by atoms with Gasteiger partial charge in [0.2, 0.25) is 0 Å². The van der Waals surface area contributed by atoms with Gasteiger partial charge in [-0.05, 0) is 30.7 Å². The fourth-order valence-electron chi connectivity index (χ4n) is 1.59. The first-order chi connectivity index (χ1) is 7.69. The lowest BCUT2D eigenvalue weighted by Gasteiger charge is -2.17. The minimum Gasteiger partial charge on any atom is -0.310 e. The summed E-state index contributed by atoms with van der Waals surface area (Å²) in [5, 5.41) is 3.46. The van der Waals surface area contributed by atoms with Gasteiger partial charge in [0, 0.05) is 12.5 Å². The molecule has 1 aromatic carbocycles. The summed E-state index contributed by atoms with van der Waals surface area (Å²) in [6, 6.07) is 4.92. The van der Waals surface area contributed by atoms with Gasteiger partial charge in [-0.25, -0.2) is 4.39 Å². The van der Waals surface area contributed by atoms with Crippen molar-refractivity contribution in [3.63, 3.8) is 0 Å². The molecule has 0 aliphatic heterocycles. The maximum Gasteiger partial charge on any atom is 0.141 e. The summed E-state index contributed by atoms with van der Waals surface area (Å²) in [5.74, 6) is 2.21. The van der Waals surface area contributed by atoms with Crippen LogP contribution in [0.1, 0.15) is 31.4 Å². The first kappa shape index (κ1) is 13.0. The normalized spacial score (nSPS) is 12.1. The second kappa shape index (κ2) is 6.52. The van der Waals surface area contributed by atoms with Crippen molar-refractivity contribution in [2.75, 3.05) is 6.54 Å². The predicted molar refractivity (Wildman–Crippen MR) is 65.9 cm³/mol. The Bertz CT molecular complexity index is 384. The molecule has 0 bridgehead atoms. The molecule has 0 aliphatic carbocycles. The summed E-state index contributed by atoms with van der Waals surface area (Å²) in [5.41, 5.74) is 0.975. The molecule has 0 aromatic heterocycles. The fraction of sp³-hybridized carbons (Fsp3) is 0.385. The van der Waals surface area contributed by atoms with Gasteiger partial charge in [-0.15, -0.1) is 12.3 Å². The zero-order valence-corrected chi connectivity index (χ0v) is 10.0. The lowest BCUT2D eigenvalue weighted by molar-refractivity contribution is 0.521. The van der Waals surface area contributed by atoms with Gasteiger partial charge < -0.3 is 5.32 Å². The fourth-order valence-corrected chi connectivity index (χ4v) is 1.78. The number of halogens is 2. The van der Waals surface area contributed by atoms with Crippen LogP contribution in [-0.2, 0) is 0 Å². The van der Waals surface area contributed by atoms with E-state index in [-0.39, 0.29) is 11.1 Å². The average molecular weight is 240 g/mol. The van der Waals surface area contributed by atoms with Crippen LogP contribution in [-0.4, -0.2) is 6.54 Å². The minimum absolute atomic E-state index is 0.138. The molecular weight excluding hydrogens is 225 g/mol. The van der Waals surface area contributed by atoms with Crippen LogP contribution in [0, 0.1) is 18.2 Å². The van der Waals surface area contributed by atoms with Gasteiger partial charge in [-0.1, -0.05) is 24.6 Å². The van der Waals surface area contributed by atoms with Crippen LogP contribution in [0.5, 0.6) is 0 Å². The highest BCUT2D eigenvalue weighted by Crippen LogP contribution is 2.23. The van der Waals surface area contributed by atoms with E-state index < -0.39 is 5.82 Å². The Morgan fingerprint density at radius 1 is 1.56 bits per heavy atom. The maximum absolute atomic E-state index is 13.0. The highest BCUT2D eigenvalue weighted by molar-refractivity contribution is 6.30. The summed E-state index contributed by atoms with van der Waals surface area (Å²) < 4.78 is 13.0. The first-order valence-electron chi connectivity index (χ1n) is 5.30. The molecule has 0 amide bonds. The van der Waals surface area contributed by atoms with Gasteiger partial charge >= 0.3 is 0 Å².